The quantitative estimate of drug-likeness (QED) is 0.910. The van der Waals surface area contributed by atoms with Gasteiger partial charge in [0, 0.05) is 18.3 Å². The average molecular weight is 255 g/mol. The molecule has 0 spiro atoms. The third kappa shape index (κ3) is 3.53. The smallest absolute Gasteiger partial charge is 0.129 e. The minimum atomic E-state index is 0.890. The van der Waals surface area contributed by atoms with Crippen molar-refractivity contribution in [1.82, 2.24) is 9.97 Å². The van der Waals surface area contributed by atoms with Gasteiger partial charge >= 0.3 is 0 Å². The first-order valence-corrected chi connectivity index (χ1v) is 6.65. The fraction of sp³-hybridized carbons (Fsp3) is 0.375. The molecule has 0 saturated carbocycles. The summed E-state index contributed by atoms with van der Waals surface area (Å²) in [7, 11) is 0. The SMILES string of the molecule is Cc1cc(C)c(CCNc2cc(C)ncn2)c(C)c1. The molecule has 3 heteroatoms. The molecule has 0 atom stereocenters. The van der Waals surface area contributed by atoms with Gasteiger partial charge in [0.15, 0.2) is 0 Å². The Kier molecular flexibility index (Phi) is 4.15. The van der Waals surface area contributed by atoms with E-state index in [1.165, 1.54) is 22.3 Å². The Bertz CT molecular complexity index is 553. The Balaban J connectivity index is 2.00. The molecule has 100 valence electrons. The van der Waals surface area contributed by atoms with Gasteiger partial charge in [0.05, 0.1) is 0 Å². The summed E-state index contributed by atoms with van der Waals surface area (Å²) in [6.45, 7) is 9.38. The molecule has 0 radical (unpaired) electrons. The Morgan fingerprint density at radius 2 is 1.63 bits per heavy atom. The standard InChI is InChI=1S/C16H21N3/c1-11-7-12(2)15(13(3)8-11)5-6-17-16-9-14(4)18-10-19-16/h7-10H,5-6H2,1-4H3,(H,17,18,19). The number of aromatic nitrogens is 2. The zero-order valence-electron chi connectivity index (χ0n) is 12.1. The van der Waals surface area contributed by atoms with Crippen LogP contribution in [-0.2, 0) is 6.42 Å². The molecule has 1 heterocycles. The van der Waals surface area contributed by atoms with E-state index < -0.39 is 0 Å². The van der Waals surface area contributed by atoms with Crippen molar-refractivity contribution in [3.63, 3.8) is 0 Å². The topological polar surface area (TPSA) is 37.8 Å². The van der Waals surface area contributed by atoms with Crippen LogP contribution in [0.1, 0.15) is 27.9 Å². The van der Waals surface area contributed by atoms with Gasteiger partial charge in [-0.2, -0.15) is 0 Å². The maximum Gasteiger partial charge on any atom is 0.129 e. The molecule has 19 heavy (non-hydrogen) atoms. The first kappa shape index (κ1) is 13.5. The average Bonchev–Trinajstić information content (AvgIpc) is 2.32. The first-order chi connectivity index (χ1) is 9.06. The normalized spacial score (nSPS) is 10.5. The summed E-state index contributed by atoms with van der Waals surface area (Å²) in [5.41, 5.74) is 6.50. The zero-order chi connectivity index (χ0) is 13.8. The minimum absolute atomic E-state index is 0.890. The van der Waals surface area contributed by atoms with E-state index in [1.54, 1.807) is 6.33 Å². The van der Waals surface area contributed by atoms with E-state index >= 15 is 0 Å². The number of hydrogen-bond donors (Lipinski definition) is 1. The Morgan fingerprint density at radius 1 is 0.947 bits per heavy atom. The van der Waals surface area contributed by atoms with E-state index in [0.717, 1.165) is 24.5 Å². The molecule has 1 aromatic carbocycles. The highest BCUT2D eigenvalue weighted by atomic mass is 15.0. The molecule has 0 aliphatic rings. The number of benzene rings is 1. The molecular formula is C16H21N3. The van der Waals surface area contributed by atoms with E-state index in [1.807, 2.05) is 13.0 Å². The number of anilines is 1. The molecule has 2 aromatic rings. The van der Waals surface area contributed by atoms with Gasteiger partial charge in [0.1, 0.15) is 12.1 Å². The first-order valence-electron chi connectivity index (χ1n) is 6.65. The minimum Gasteiger partial charge on any atom is -0.370 e. The molecule has 0 aliphatic carbocycles. The van der Waals surface area contributed by atoms with Crippen LogP contribution in [-0.4, -0.2) is 16.5 Å². The molecule has 1 aromatic heterocycles. The summed E-state index contributed by atoms with van der Waals surface area (Å²) in [4.78, 5) is 8.30. The third-order valence-electron chi connectivity index (χ3n) is 3.33. The largest absolute Gasteiger partial charge is 0.370 e. The molecule has 2 rings (SSSR count). The number of hydrogen-bond acceptors (Lipinski definition) is 3. The van der Waals surface area contributed by atoms with E-state index in [9.17, 15) is 0 Å². The summed E-state index contributed by atoms with van der Waals surface area (Å²) < 4.78 is 0. The van der Waals surface area contributed by atoms with Crippen molar-refractivity contribution in [3.05, 3.63) is 52.5 Å². The van der Waals surface area contributed by atoms with Crippen molar-refractivity contribution in [2.75, 3.05) is 11.9 Å². The third-order valence-corrected chi connectivity index (χ3v) is 3.33. The second kappa shape index (κ2) is 5.83. The van der Waals surface area contributed by atoms with Gasteiger partial charge in [-0.05, 0) is 50.8 Å². The van der Waals surface area contributed by atoms with Gasteiger partial charge in [0.2, 0.25) is 0 Å². The number of nitrogens with one attached hydrogen (secondary N) is 1. The number of nitrogens with zero attached hydrogens (tertiary/aromatic N) is 2. The van der Waals surface area contributed by atoms with Crippen LogP contribution >= 0.6 is 0 Å². The van der Waals surface area contributed by atoms with Crippen LogP contribution in [0.5, 0.6) is 0 Å². The Morgan fingerprint density at radius 3 is 2.26 bits per heavy atom. The van der Waals surface area contributed by atoms with Crippen molar-refractivity contribution < 1.29 is 0 Å². The van der Waals surface area contributed by atoms with Crippen LogP contribution in [0.15, 0.2) is 24.5 Å². The Labute approximate surface area is 115 Å². The van der Waals surface area contributed by atoms with Crippen molar-refractivity contribution in [3.8, 4) is 0 Å². The van der Waals surface area contributed by atoms with Crippen molar-refractivity contribution in [2.45, 2.75) is 34.1 Å². The predicted molar refractivity (Wildman–Crippen MR) is 79.6 cm³/mol. The highest BCUT2D eigenvalue weighted by Crippen LogP contribution is 2.17. The van der Waals surface area contributed by atoms with Gasteiger partial charge in [-0.3, -0.25) is 0 Å². The van der Waals surface area contributed by atoms with Gasteiger partial charge < -0.3 is 5.32 Å². The molecule has 0 amide bonds. The molecule has 1 N–H and O–H groups in total. The van der Waals surface area contributed by atoms with E-state index in [0.29, 0.717) is 0 Å². The molecule has 3 nitrogen and oxygen atoms in total. The lowest BCUT2D eigenvalue weighted by Gasteiger charge is -2.12. The zero-order valence-corrected chi connectivity index (χ0v) is 12.1. The lowest BCUT2D eigenvalue weighted by Crippen LogP contribution is -2.08. The monoisotopic (exact) mass is 255 g/mol. The Hall–Kier alpha value is -1.90. The molecule has 0 unspecified atom stereocenters. The number of rotatable bonds is 4. The second-order valence-electron chi connectivity index (χ2n) is 5.10. The molecule has 0 saturated heterocycles. The van der Waals surface area contributed by atoms with E-state index in [-0.39, 0.29) is 0 Å². The fourth-order valence-corrected chi connectivity index (χ4v) is 2.47. The molecule has 0 fully saturated rings. The second-order valence-corrected chi connectivity index (χ2v) is 5.10. The molecule has 0 aliphatic heterocycles. The van der Waals surface area contributed by atoms with Crippen LogP contribution in [0.4, 0.5) is 5.82 Å². The fourth-order valence-electron chi connectivity index (χ4n) is 2.47. The summed E-state index contributed by atoms with van der Waals surface area (Å²) in [6, 6.07) is 6.46. The van der Waals surface area contributed by atoms with Crippen molar-refractivity contribution in [2.24, 2.45) is 0 Å². The lowest BCUT2D eigenvalue weighted by molar-refractivity contribution is 0.969. The molecule has 0 bridgehead atoms. The van der Waals surface area contributed by atoms with E-state index in [4.69, 9.17) is 0 Å². The van der Waals surface area contributed by atoms with Crippen molar-refractivity contribution in [1.29, 1.82) is 0 Å². The van der Waals surface area contributed by atoms with Gasteiger partial charge in [-0.15, -0.1) is 0 Å². The highest BCUT2D eigenvalue weighted by molar-refractivity contribution is 5.39. The van der Waals surface area contributed by atoms with Crippen LogP contribution in [0, 0.1) is 27.7 Å². The van der Waals surface area contributed by atoms with Gasteiger partial charge in [-0.1, -0.05) is 17.7 Å². The van der Waals surface area contributed by atoms with Crippen molar-refractivity contribution >= 4 is 5.82 Å². The van der Waals surface area contributed by atoms with E-state index in [2.05, 4.69) is 48.2 Å². The predicted octanol–water partition coefficient (Wildman–Crippen LogP) is 3.36. The summed E-state index contributed by atoms with van der Waals surface area (Å²) in [5.74, 6) is 0.898. The van der Waals surface area contributed by atoms with Gasteiger partial charge in [0.25, 0.3) is 0 Å². The van der Waals surface area contributed by atoms with Gasteiger partial charge in [-0.25, -0.2) is 9.97 Å². The van der Waals surface area contributed by atoms with Crippen LogP contribution in [0.2, 0.25) is 0 Å². The maximum absolute atomic E-state index is 4.21. The number of aryl methyl sites for hydroxylation is 4. The maximum atomic E-state index is 4.21. The molecular weight excluding hydrogens is 234 g/mol. The lowest BCUT2D eigenvalue weighted by atomic mass is 9.97. The summed E-state index contributed by atoms with van der Waals surface area (Å²) >= 11 is 0. The summed E-state index contributed by atoms with van der Waals surface area (Å²) in [6.07, 6.45) is 2.61. The van der Waals surface area contributed by atoms with Crippen LogP contribution in [0.3, 0.4) is 0 Å². The summed E-state index contributed by atoms with van der Waals surface area (Å²) in [5, 5.41) is 3.35. The van der Waals surface area contributed by atoms with Crippen LogP contribution in [0.25, 0.3) is 0 Å². The van der Waals surface area contributed by atoms with Crippen LogP contribution < -0.4 is 5.32 Å². The highest BCUT2D eigenvalue weighted by Gasteiger charge is 2.04.